The van der Waals surface area contributed by atoms with Crippen LogP contribution in [0.4, 0.5) is 0 Å². The van der Waals surface area contributed by atoms with Crippen LogP contribution in [0.3, 0.4) is 0 Å². The molecule has 0 aliphatic carbocycles. The number of carbonyl (C=O) groups excluding carboxylic acids is 6. The molecule has 6 amide bonds. The summed E-state index contributed by atoms with van der Waals surface area (Å²) in [6.07, 6.45) is -2.00. The smallest absolute Gasteiger partial charge is 0.475 e. The summed E-state index contributed by atoms with van der Waals surface area (Å²) >= 11 is 0. The monoisotopic (exact) mass is 882 g/mol. The summed E-state index contributed by atoms with van der Waals surface area (Å²) in [5.41, 5.74) is 0.865. The topological polar surface area (TPSA) is 310 Å². The van der Waals surface area contributed by atoms with Crippen LogP contribution >= 0.6 is 0 Å². The number of aliphatic carboxylic acids is 2. The minimum atomic E-state index is -1.85. The second-order valence-corrected chi connectivity index (χ2v) is 17.0. The fraction of sp³-hybridized carbons (Fsp3) is 0.535. The number of carboxylic acid groups (broad SMARTS) is 2. The summed E-state index contributed by atoms with van der Waals surface area (Å²) in [5.74, 6) is -8.67. The van der Waals surface area contributed by atoms with Crippen LogP contribution in [-0.2, 0) is 51.2 Å². The average Bonchev–Trinajstić information content (AvgIpc) is 3.19. The quantitative estimate of drug-likeness (QED) is 0.0611. The molecule has 0 radical (unpaired) electrons. The number of carboxylic acids is 2. The van der Waals surface area contributed by atoms with Gasteiger partial charge >= 0.3 is 19.1 Å². The zero-order chi connectivity index (χ0) is 47.6. The number of benzene rings is 2. The lowest BCUT2D eigenvalue weighted by Crippen LogP contribution is -2.62. The third kappa shape index (κ3) is 18.9. The molecule has 63 heavy (non-hydrogen) atoms. The molecule has 11 N–H and O–H groups in total. The SMILES string of the molecule is CC[C@H](NC(=O)[C@H](CC(C)C)NC(=O)[C@@H](NC(=O)[C@H](Cc1ccccc1C)NC(=O)[C@H](CCC(=O)O)NC(=O)[C@H](Cc1ccc(O)cc1)NC(=O)CCC(=O)O)C(C)(C)C)B(O)O. The Labute approximate surface area is 367 Å². The van der Waals surface area contributed by atoms with Crippen LogP contribution < -0.4 is 31.9 Å². The molecule has 0 bridgehead atoms. The Bertz CT molecular complexity index is 1900. The summed E-state index contributed by atoms with van der Waals surface area (Å²) < 4.78 is 0. The van der Waals surface area contributed by atoms with Gasteiger partial charge in [0.15, 0.2) is 0 Å². The molecule has 2 rings (SSSR count). The molecule has 0 aliphatic rings. The van der Waals surface area contributed by atoms with Crippen molar-refractivity contribution in [2.75, 3.05) is 0 Å². The van der Waals surface area contributed by atoms with Gasteiger partial charge in [-0.15, -0.1) is 0 Å². The maximum atomic E-state index is 14.4. The number of phenolic OH excluding ortho intramolecular Hbond substituents is 1. The van der Waals surface area contributed by atoms with Crippen LogP contribution in [-0.4, -0.2) is 116 Å². The lowest BCUT2D eigenvalue weighted by Gasteiger charge is -2.34. The third-order valence-corrected chi connectivity index (χ3v) is 10.1. The van der Waals surface area contributed by atoms with Crippen molar-refractivity contribution >= 4 is 54.5 Å². The van der Waals surface area contributed by atoms with E-state index in [0.717, 1.165) is 5.56 Å². The first-order chi connectivity index (χ1) is 29.4. The zero-order valence-corrected chi connectivity index (χ0v) is 36.9. The molecule has 0 aliphatic heterocycles. The average molecular weight is 883 g/mol. The number of nitrogens with one attached hydrogen (secondary N) is 6. The molecule has 2 aromatic rings. The van der Waals surface area contributed by atoms with Gasteiger partial charge in [0.2, 0.25) is 35.4 Å². The van der Waals surface area contributed by atoms with E-state index < -0.39 is 122 Å². The summed E-state index contributed by atoms with van der Waals surface area (Å²) in [5, 5.41) is 63.3. The molecule has 0 fully saturated rings. The number of phenols is 1. The zero-order valence-electron chi connectivity index (χ0n) is 36.9. The van der Waals surface area contributed by atoms with E-state index in [2.05, 4.69) is 31.9 Å². The Balaban J connectivity index is 2.51. The molecule has 0 unspecified atom stereocenters. The fourth-order valence-corrected chi connectivity index (χ4v) is 6.46. The summed E-state index contributed by atoms with van der Waals surface area (Å²) in [4.78, 5) is 105. The van der Waals surface area contributed by atoms with E-state index in [1.165, 1.54) is 24.3 Å². The highest BCUT2D eigenvalue weighted by Crippen LogP contribution is 2.21. The summed E-state index contributed by atoms with van der Waals surface area (Å²) in [6, 6.07) is 5.83. The van der Waals surface area contributed by atoms with E-state index in [-0.39, 0.29) is 37.4 Å². The molecule has 0 aromatic heterocycles. The predicted molar refractivity (Wildman–Crippen MR) is 231 cm³/mol. The lowest BCUT2D eigenvalue weighted by atomic mass is 9.77. The number of hydrogen-bond donors (Lipinski definition) is 11. The van der Waals surface area contributed by atoms with E-state index in [4.69, 9.17) is 5.11 Å². The Morgan fingerprint density at radius 2 is 1.16 bits per heavy atom. The number of rotatable bonds is 25. The number of hydrogen-bond acceptors (Lipinski definition) is 11. The molecule has 2 aromatic carbocycles. The third-order valence-electron chi connectivity index (χ3n) is 10.1. The highest BCUT2D eigenvalue weighted by Gasteiger charge is 2.38. The van der Waals surface area contributed by atoms with E-state index in [9.17, 15) is 58.6 Å². The van der Waals surface area contributed by atoms with Crippen molar-refractivity contribution in [2.45, 2.75) is 136 Å². The molecular weight excluding hydrogens is 819 g/mol. The largest absolute Gasteiger partial charge is 0.508 e. The maximum Gasteiger partial charge on any atom is 0.475 e. The first kappa shape index (κ1) is 53.1. The standard InChI is InChI=1S/C43H63BN6O13/c1-8-33(44(62)63)49-40(59)30(21-24(2)3)48-42(61)37(43(5,6)7)50-41(60)32(23-27-12-10-9-11-25(27)4)47-38(57)29(17-19-35(53)54)46-39(58)31(45-34(52)18-20-36(55)56)22-26-13-15-28(51)16-14-26/h9-16,24,29-33,37,51,62-63H,8,17-23H2,1-7H3,(H,45,52)(H,46,58)(H,47,57)(H,48,61)(H,49,59)(H,50,60)(H,53,54)(H,55,56)/t29-,30-,31-,32-,33-,37+/m0/s1. The predicted octanol–water partition coefficient (Wildman–Crippen LogP) is 0.638. The van der Waals surface area contributed by atoms with E-state index in [1.54, 1.807) is 58.9 Å². The Morgan fingerprint density at radius 3 is 1.70 bits per heavy atom. The molecule has 346 valence electrons. The van der Waals surface area contributed by atoms with Gasteiger partial charge in [-0.25, -0.2) is 0 Å². The van der Waals surface area contributed by atoms with E-state index in [1.807, 2.05) is 13.8 Å². The van der Waals surface area contributed by atoms with Crippen LogP contribution in [0.15, 0.2) is 48.5 Å². The second-order valence-electron chi connectivity index (χ2n) is 17.0. The Kier molecular flexibility index (Phi) is 21.2. The van der Waals surface area contributed by atoms with Crippen molar-refractivity contribution in [3.63, 3.8) is 0 Å². The van der Waals surface area contributed by atoms with Gasteiger partial charge in [0, 0.05) is 25.7 Å². The van der Waals surface area contributed by atoms with Crippen LogP contribution in [0, 0.1) is 18.3 Å². The Hall–Kier alpha value is -6.02. The fourth-order valence-electron chi connectivity index (χ4n) is 6.46. The van der Waals surface area contributed by atoms with Gasteiger partial charge in [-0.2, -0.15) is 0 Å². The van der Waals surface area contributed by atoms with Crippen LogP contribution in [0.1, 0.15) is 96.8 Å². The first-order valence-electron chi connectivity index (χ1n) is 20.8. The van der Waals surface area contributed by atoms with Crippen molar-refractivity contribution in [3.05, 3.63) is 65.2 Å². The van der Waals surface area contributed by atoms with Gasteiger partial charge in [0.25, 0.3) is 0 Å². The molecule has 0 heterocycles. The first-order valence-corrected chi connectivity index (χ1v) is 20.8. The van der Waals surface area contributed by atoms with Crippen LogP contribution in [0.5, 0.6) is 5.75 Å². The minimum absolute atomic E-state index is 0.0713. The molecular formula is C43H63BN6O13. The maximum absolute atomic E-state index is 14.4. The molecule has 0 saturated heterocycles. The van der Waals surface area contributed by atoms with Gasteiger partial charge in [-0.05, 0) is 66.3 Å². The van der Waals surface area contributed by atoms with Crippen molar-refractivity contribution in [1.82, 2.24) is 31.9 Å². The molecule has 19 nitrogen and oxygen atoms in total. The Morgan fingerprint density at radius 1 is 0.635 bits per heavy atom. The summed E-state index contributed by atoms with van der Waals surface area (Å²) in [6.45, 7) is 12.1. The molecule has 0 saturated carbocycles. The molecule has 0 spiro atoms. The van der Waals surface area contributed by atoms with Crippen LogP contribution in [0.2, 0.25) is 0 Å². The second kappa shape index (κ2) is 25.2. The van der Waals surface area contributed by atoms with E-state index in [0.29, 0.717) is 11.1 Å². The van der Waals surface area contributed by atoms with Gasteiger partial charge in [-0.1, -0.05) is 77.9 Å². The van der Waals surface area contributed by atoms with Crippen molar-refractivity contribution in [3.8, 4) is 5.75 Å². The molecule has 6 atom stereocenters. The van der Waals surface area contributed by atoms with Crippen molar-refractivity contribution in [2.24, 2.45) is 11.3 Å². The number of carbonyl (C=O) groups is 8. The van der Waals surface area contributed by atoms with Gasteiger partial charge in [-0.3, -0.25) is 38.4 Å². The van der Waals surface area contributed by atoms with Gasteiger partial charge in [0.1, 0.15) is 36.0 Å². The lowest BCUT2D eigenvalue weighted by molar-refractivity contribution is -0.140. The van der Waals surface area contributed by atoms with Crippen molar-refractivity contribution < 1.29 is 63.7 Å². The number of aromatic hydroxyl groups is 1. The minimum Gasteiger partial charge on any atom is -0.508 e. The van der Waals surface area contributed by atoms with Gasteiger partial charge < -0.3 is 57.3 Å². The number of aryl methyl sites for hydroxylation is 1. The number of amides is 6. The van der Waals surface area contributed by atoms with Crippen molar-refractivity contribution in [1.29, 1.82) is 0 Å². The highest BCUT2D eigenvalue weighted by atomic mass is 16.4. The molecule has 20 heteroatoms. The van der Waals surface area contributed by atoms with Crippen LogP contribution in [0.25, 0.3) is 0 Å². The summed E-state index contributed by atoms with van der Waals surface area (Å²) in [7, 11) is -1.85. The van der Waals surface area contributed by atoms with E-state index >= 15 is 0 Å². The highest BCUT2D eigenvalue weighted by molar-refractivity contribution is 6.43. The normalized spacial score (nSPS) is 14.1. The van der Waals surface area contributed by atoms with Gasteiger partial charge in [0.05, 0.1) is 12.4 Å².